The molecular formula is C23H26N2O5. The molecule has 1 aliphatic heterocycles. The van der Waals surface area contributed by atoms with Gasteiger partial charge in [-0.25, -0.2) is 9.59 Å². The molecule has 1 atom stereocenters. The highest BCUT2D eigenvalue weighted by atomic mass is 16.6. The van der Waals surface area contributed by atoms with E-state index in [0.29, 0.717) is 13.0 Å². The summed E-state index contributed by atoms with van der Waals surface area (Å²) >= 11 is 0. The maximum absolute atomic E-state index is 12.5. The molecule has 0 saturated carbocycles. The number of alkyl carbamates (subject to hydrolysis) is 1. The quantitative estimate of drug-likeness (QED) is 0.789. The summed E-state index contributed by atoms with van der Waals surface area (Å²) in [6.45, 7) is 5.64. The first-order chi connectivity index (χ1) is 14.1. The third kappa shape index (κ3) is 5.37. The minimum atomic E-state index is -1.15. The van der Waals surface area contributed by atoms with Crippen molar-refractivity contribution in [2.45, 2.75) is 51.8 Å². The Morgan fingerprint density at radius 2 is 1.73 bits per heavy atom. The van der Waals surface area contributed by atoms with E-state index in [1.165, 1.54) is 0 Å². The summed E-state index contributed by atoms with van der Waals surface area (Å²) in [6.07, 6.45) is -0.311. The van der Waals surface area contributed by atoms with Crippen LogP contribution in [0.15, 0.2) is 48.5 Å². The summed E-state index contributed by atoms with van der Waals surface area (Å²) in [7, 11) is 0. The van der Waals surface area contributed by atoms with E-state index in [1.807, 2.05) is 24.3 Å². The number of rotatable bonds is 5. The summed E-state index contributed by atoms with van der Waals surface area (Å²) < 4.78 is 5.14. The SMILES string of the molecule is CC(C)(C)OC(=O)N[C@@H](Cc1ccc(N2Cc3ccccc3CC2=O)cc1)C(=O)O. The standard InChI is InChI=1S/C23H26N2O5/c1-23(2,3)30-22(29)24-19(21(27)28)12-15-8-10-18(11-9-15)25-14-17-7-5-4-6-16(17)13-20(25)26/h4-11,19H,12-14H2,1-3H3,(H,24,29)(H,27,28)/t19-/m0/s1. The fourth-order valence-electron chi connectivity index (χ4n) is 3.33. The van der Waals surface area contributed by atoms with Crippen molar-refractivity contribution in [1.29, 1.82) is 0 Å². The molecule has 1 aliphatic rings. The number of ether oxygens (including phenoxy) is 1. The smallest absolute Gasteiger partial charge is 0.408 e. The molecule has 0 bridgehead atoms. The molecule has 158 valence electrons. The van der Waals surface area contributed by atoms with Crippen LogP contribution in [0, 0.1) is 0 Å². The van der Waals surface area contributed by atoms with Crippen molar-refractivity contribution in [3.63, 3.8) is 0 Å². The number of carbonyl (C=O) groups excluding carboxylic acids is 2. The van der Waals surface area contributed by atoms with Crippen molar-refractivity contribution in [3.8, 4) is 0 Å². The molecule has 3 rings (SSSR count). The molecule has 2 amide bonds. The number of carboxylic acids is 1. The van der Waals surface area contributed by atoms with Gasteiger partial charge in [0.2, 0.25) is 5.91 Å². The molecule has 7 heteroatoms. The normalized spacial score (nSPS) is 14.6. The summed E-state index contributed by atoms with van der Waals surface area (Å²) in [4.78, 5) is 37.7. The lowest BCUT2D eigenvalue weighted by Gasteiger charge is -2.29. The third-order valence-electron chi connectivity index (χ3n) is 4.77. The first-order valence-electron chi connectivity index (χ1n) is 9.81. The number of nitrogens with one attached hydrogen (secondary N) is 1. The summed E-state index contributed by atoms with van der Waals surface area (Å²) in [6, 6.07) is 13.9. The number of carboxylic acid groups (broad SMARTS) is 1. The van der Waals surface area contributed by atoms with Gasteiger partial charge in [0.25, 0.3) is 0 Å². The first kappa shape index (κ1) is 21.4. The van der Waals surface area contributed by atoms with Crippen LogP contribution in [0.4, 0.5) is 10.5 Å². The lowest BCUT2D eigenvalue weighted by atomic mass is 9.98. The number of hydrogen-bond acceptors (Lipinski definition) is 4. The highest BCUT2D eigenvalue weighted by Gasteiger charge is 2.26. The van der Waals surface area contributed by atoms with Crippen LogP contribution >= 0.6 is 0 Å². The van der Waals surface area contributed by atoms with Crippen molar-refractivity contribution in [2.75, 3.05) is 4.90 Å². The van der Waals surface area contributed by atoms with E-state index in [0.717, 1.165) is 22.4 Å². The maximum Gasteiger partial charge on any atom is 0.408 e. The number of nitrogens with zero attached hydrogens (tertiary/aromatic N) is 1. The first-order valence-corrected chi connectivity index (χ1v) is 9.81. The van der Waals surface area contributed by atoms with Crippen molar-refractivity contribution >= 4 is 23.7 Å². The van der Waals surface area contributed by atoms with E-state index in [2.05, 4.69) is 5.32 Å². The van der Waals surface area contributed by atoms with Gasteiger partial charge in [0.1, 0.15) is 11.6 Å². The third-order valence-corrected chi connectivity index (χ3v) is 4.77. The fraction of sp³-hybridized carbons (Fsp3) is 0.348. The van der Waals surface area contributed by atoms with Crippen LogP contribution in [-0.4, -0.2) is 34.7 Å². The van der Waals surface area contributed by atoms with E-state index in [9.17, 15) is 19.5 Å². The molecule has 0 aromatic heterocycles. The second-order valence-electron chi connectivity index (χ2n) is 8.33. The van der Waals surface area contributed by atoms with Gasteiger partial charge < -0.3 is 20.1 Å². The molecular weight excluding hydrogens is 384 g/mol. The number of aliphatic carboxylic acids is 1. The van der Waals surface area contributed by atoms with Gasteiger partial charge in [-0.3, -0.25) is 4.79 Å². The summed E-state index contributed by atoms with van der Waals surface area (Å²) in [5.41, 5.74) is 2.94. The molecule has 0 saturated heterocycles. The monoisotopic (exact) mass is 410 g/mol. The van der Waals surface area contributed by atoms with Crippen LogP contribution in [0.3, 0.4) is 0 Å². The topological polar surface area (TPSA) is 95.9 Å². The highest BCUT2D eigenvalue weighted by molar-refractivity contribution is 5.96. The Balaban J connectivity index is 1.68. The summed E-state index contributed by atoms with van der Waals surface area (Å²) in [5.74, 6) is -1.12. The van der Waals surface area contributed by atoms with E-state index in [1.54, 1.807) is 49.9 Å². The van der Waals surface area contributed by atoms with Gasteiger partial charge in [0, 0.05) is 12.1 Å². The van der Waals surface area contributed by atoms with E-state index < -0.39 is 23.7 Å². The molecule has 0 spiro atoms. The fourth-order valence-corrected chi connectivity index (χ4v) is 3.33. The molecule has 7 nitrogen and oxygen atoms in total. The molecule has 30 heavy (non-hydrogen) atoms. The molecule has 1 heterocycles. The molecule has 2 N–H and O–H groups in total. The molecule has 2 aromatic carbocycles. The predicted octanol–water partition coefficient (Wildman–Crippen LogP) is 3.30. The van der Waals surface area contributed by atoms with Crippen LogP contribution in [-0.2, 0) is 33.7 Å². The summed E-state index contributed by atoms with van der Waals surface area (Å²) in [5, 5.41) is 11.8. The van der Waals surface area contributed by atoms with Gasteiger partial charge in [-0.05, 0) is 49.6 Å². The highest BCUT2D eigenvalue weighted by Crippen LogP contribution is 2.25. The number of amides is 2. The zero-order valence-corrected chi connectivity index (χ0v) is 17.3. The molecule has 0 aliphatic carbocycles. The van der Waals surface area contributed by atoms with Crippen LogP contribution in [0.25, 0.3) is 0 Å². The van der Waals surface area contributed by atoms with E-state index in [-0.39, 0.29) is 12.3 Å². The van der Waals surface area contributed by atoms with Crippen LogP contribution in [0.1, 0.15) is 37.5 Å². The Labute approximate surface area is 175 Å². The number of benzene rings is 2. The number of fused-ring (bicyclic) bond motifs is 1. The van der Waals surface area contributed by atoms with Crippen LogP contribution in [0.5, 0.6) is 0 Å². The van der Waals surface area contributed by atoms with Gasteiger partial charge in [0.15, 0.2) is 0 Å². The zero-order chi connectivity index (χ0) is 21.9. The lowest BCUT2D eigenvalue weighted by molar-refractivity contribution is -0.139. The van der Waals surface area contributed by atoms with Crippen molar-refractivity contribution in [2.24, 2.45) is 0 Å². The predicted molar refractivity (Wildman–Crippen MR) is 112 cm³/mol. The van der Waals surface area contributed by atoms with Crippen LogP contribution in [0.2, 0.25) is 0 Å². The second kappa shape index (κ2) is 8.57. The largest absolute Gasteiger partial charge is 0.480 e. The minimum Gasteiger partial charge on any atom is -0.480 e. The number of anilines is 1. The van der Waals surface area contributed by atoms with E-state index in [4.69, 9.17) is 4.74 Å². The van der Waals surface area contributed by atoms with Gasteiger partial charge in [-0.2, -0.15) is 0 Å². The Morgan fingerprint density at radius 3 is 2.33 bits per heavy atom. The number of carbonyl (C=O) groups is 3. The lowest BCUT2D eigenvalue weighted by Crippen LogP contribution is -2.44. The zero-order valence-electron chi connectivity index (χ0n) is 17.3. The van der Waals surface area contributed by atoms with Crippen molar-refractivity contribution in [3.05, 3.63) is 65.2 Å². The Kier molecular flexibility index (Phi) is 6.10. The Hall–Kier alpha value is -3.35. The van der Waals surface area contributed by atoms with Gasteiger partial charge >= 0.3 is 12.1 Å². The average molecular weight is 410 g/mol. The molecule has 0 unspecified atom stereocenters. The van der Waals surface area contributed by atoms with Crippen molar-refractivity contribution < 1.29 is 24.2 Å². The minimum absolute atomic E-state index is 0.0245. The van der Waals surface area contributed by atoms with Gasteiger partial charge in [-0.1, -0.05) is 36.4 Å². The van der Waals surface area contributed by atoms with E-state index >= 15 is 0 Å². The van der Waals surface area contributed by atoms with Crippen molar-refractivity contribution in [1.82, 2.24) is 5.32 Å². The molecule has 2 aromatic rings. The second-order valence-corrected chi connectivity index (χ2v) is 8.33. The average Bonchev–Trinajstić information content (AvgIpc) is 2.66. The molecule has 0 radical (unpaired) electrons. The molecule has 0 fully saturated rings. The van der Waals surface area contributed by atoms with Gasteiger partial charge in [-0.15, -0.1) is 0 Å². The number of hydrogen-bond donors (Lipinski definition) is 2. The van der Waals surface area contributed by atoms with Gasteiger partial charge in [0.05, 0.1) is 13.0 Å². The Morgan fingerprint density at radius 1 is 1.10 bits per heavy atom. The Bertz CT molecular complexity index is 947. The maximum atomic E-state index is 12.5. The van der Waals surface area contributed by atoms with Crippen LogP contribution < -0.4 is 10.2 Å².